The first-order valence-corrected chi connectivity index (χ1v) is 9.26. The van der Waals surface area contributed by atoms with E-state index in [-0.39, 0.29) is 0 Å². The van der Waals surface area contributed by atoms with Crippen LogP contribution in [-0.2, 0) is 0 Å². The Morgan fingerprint density at radius 3 is 2.45 bits per heavy atom. The summed E-state index contributed by atoms with van der Waals surface area (Å²) in [6, 6.07) is 0. The van der Waals surface area contributed by atoms with Gasteiger partial charge in [0.05, 0.1) is 0 Å². The van der Waals surface area contributed by atoms with E-state index in [2.05, 4.69) is 49.7 Å². The minimum Gasteiger partial charge on any atom is -0.369 e. The van der Waals surface area contributed by atoms with Gasteiger partial charge in [-0.25, -0.2) is 9.97 Å². The second-order valence-electron chi connectivity index (χ2n) is 5.22. The van der Waals surface area contributed by atoms with Crippen LogP contribution in [0.5, 0.6) is 0 Å². The first kappa shape index (κ1) is 15.9. The van der Waals surface area contributed by atoms with E-state index >= 15 is 0 Å². The van der Waals surface area contributed by atoms with Gasteiger partial charge >= 0.3 is 0 Å². The van der Waals surface area contributed by atoms with E-state index in [0.29, 0.717) is 4.75 Å². The third-order valence-corrected chi connectivity index (χ3v) is 6.08. The van der Waals surface area contributed by atoms with Crippen LogP contribution in [0.1, 0.15) is 39.0 Å². The fourth-order valence-corrected chi connectivity index (χ4v) is 4.08. The minimum absolute atomic E-state index is 0.362. The Kier molecular flexibility index (Phi) is 5.96. The van der Waals surface area contributed by atoms with Gasteiger partial charge in [0.1, 0.15) is 22.4 Å². The van der Waals surface area contributed by atoms with Crippen molar-refractivity contribution in [2.45, 2.75) is 43.8 Å². The van der Waals surface area contributed by atoms with Crippen LogP contribution in [0.3, 0.4) is 0 Å². The molecule has 0 radical (unpaired) electrons. The first-order valence-electron chi connectivity index (χ1n) is 7.24. The van der Waals surface area contributed by atoms with Crippen LogP contribution in [0.25, 0.3) is 0 Å². The second-order valence-corrected chi connectivity index (χ2v) is 7.28. The number of nitrogens with zero attached hydrogens (tertiary/aromatic N) is 2. The van der Waals surface area contributed by atoms with Crippen molar-refractivity contribution in [2.24, 2.45) is 0 Å². The lowest BCUT2D eigenvalue weighted by Gasteiger charge is -2.36. The third kappa shape index (κ3) is 3.79. The van der Waals surface area contributed by atoms with E-state index in [4.69, 9.17) is 0 Å². The predicted octanol–water partition coefficient (Wildman–Crippen LogP) is 4.15. The number of aromatic nitrogens is 2. The van der Waals surface area contributed by atoms with Crippen molar-refractivity contribution in [2.75, 3.05) is 30.0 Å². The summed E-state index contributed by atoms with van der Waals surface area (Å²) in [5.74, 6) is 1.74. The van der Waals surface area contributed by atoms with Crippen LogP contribution in [0.15, 0.2) is 10.8 Å². The Morgan fingerprint density at radius 1 is 1.20 bits per heavy atom. The van der Waals surface area contributed by atoms with Crippen LogP contribution < -0.4 is 10.6 Å². The highest BCUT2D eigenvalue weighted by molar-refractivity contribution is 9.10. The van der Waals surface area contributed by atoms with Crippen molar-refractivity contribution >= 4 is 39.3 Å². The van der Waals surface area contributed by atoms with Crippen LogP contribution >= 0.6 is 27.7 Å². The molecule has 1 aromatic rings. The maximum atomic E-state index is 4.35. The van der Waals surface area contributed by atoms with E-state index in [0.717, 1.165) is 29.2 Å². The summed E-state index contributed by atoms with van der Waals surface area (Å²) in [7, 11) is 0. The molecule has 0 bridgehead atoms. The average Bonchev–Trinajstić information content (AvgIpc) is 2.49. The summed E-state index contributed by atoms with van der Waals surface area (Å²) >= 11 is 5.59. The highest BCUT2D eigenvalue weighted by Crippen LogP contribution is 2.39. The van der Waals surface area contributed by atoms with Gasteiger partial charge in [0, 0.05) is 17.8 Å². The number of anilines is 2. The van der Waals surface area contributed by atoms with Crippen molar-refractivity contribution in [3.8, 4) is 0 Å². The fraction of sp³-hybridized carbons (Fsp3) is 0.714. The molecule has 1 aliphatic carbocycles. The molecule has 0 aliphatic heterocycles. The van der Waals surface area contributed by atoms with Gasteiger partial charge < -0.3 is 10.6 Å². The van der Waals surface area contributed by atoms with Gasteiger partial charge in [0.25, 0.3) is 0 Å². The molecular weight excluding hydrogens is 336 g/mol. The molecule has 0 atom stereocenters. The van der Waals surface area contributed by atoms with E-state index in [1.807, 2.05) is 11.8 Å². The van der Waals surface area contributed by atoms with Crippen molar-refractivity contribution in [1.29, 1.82) is 0 Å². The molecule has 0 saturated heterocycles. The van der Waals surface area contributed by atoms with Crippen molar-refractivity contribution < 1.29 is 0 Å². The smallest absolute Gasteiger partial charge is 0.145 e. The lowest BCUT2D eigenvalue weighted by Crippen LogP contribution is -2.35. The summed E-state index contributed by atoms with van der Waals surface area (Å²) in [5, 5.41) is 6.75. The largest absolute Gasteiger partial charge is 0.369 e. The molecule has 1 aromatic heterocycles. The van der Waals surface area contributed by atoms with Gasteiger partial charge in [-0.15, -0.1) is 0 Å². The molecule has 1 heterocycles. The van der Waals surface area contributed by atoms with Crippen molar-refractivity contribution in [3.05, 3.63) is 10.8 Å². The summed E-state index contributed by atoms with van der Waals surface area (Å²) in [6.45, 7) is 3.88. The standard InChI is InChI=1S/C14H23BrN4S/c1-3-16-12-11(15)13(19-10-18-12)17-9-14(20-2)7-5-4-6-8-14/h10H,3-9H2,1-2H3,(H2,16,17,18,19). The van der Waals surface area contributed by atoms with Crippen molar-refractivity contribution in [3.63, 3.8) is 0 Å². The monoisotopic (exact) mass is 358 g/mol. The number of halogens is 1. The molecule has 1 saturated carbocycles. The molecule has 6 heteroatoms. The Bertz CT molecular complexity index is 435. The number of hydrogen-bond donors (Lipinski definition) is 2. The van der Waals surface area contributed by atoms with E-state index in [9.17, 15) is 0 Å². The number of hydrogen-bond acceptors (Lipinski definition) is 5. The van der Waals surface area contributed by atoms with Crippen LogP contribution in [0, 0.1) is 0 Å². The topological polar surface area (TPSA) is 49.8 Å². The molecule has 0 spiro atoms. The Balaban J connectivity index is 2.04. The summed E-state index contributed by atoms with van der Waals surface area (Å²) in [4.78, 5) is 8.60. The zero-order valence-corrected chi connectivity index (χ0v) is 14.6. The molecule has 112 valence electrons. The van der Waals surface area contributed by atoms with Gasteiger partial charge in [-0.2, -0.15) is 11.8 Å². The summed E-state index contributed by atoms with van der Waals surface area (Å²) < 4.78 is 1.29. The van der Waals surface area contributed by atoms with E-state index in [1.165, 1.54) is 32.1 Å². The lowest BCUT2D eigenvalue weighted by atomic mass is 9.88. The lowest BCUT2D eigenvalue weighted by molar-refractivity contribution is 0.411. The van der Waals surface area contributed by atoms with Gasteiger partial charge in [-0.1, -0.05) is 19.3 Å². The third-order valence-electron chi connectivity index (χ3n) is 3.91. The summed E-state index contributed by atoms with van der Waals surface area (Å²) in [5.41, 5.74) is 0. The average molecular weight is 359 g/mol. The first-order chi connectivity index (χ1) is 9.71. The SMILES string of the molecule is CCNc1ncnc(NCC2(SC)CCCCC2)c1Br. The number of rotatable bonds is 6. The molecule has 2 rings (SSSR count). The van der Waals surface area contributed by atoms with Crippen LogP contribution in [-0.4, -0.2) is 34.1 Å². The molecule has 4 nitrogen and oxygen atoms in total. The summed E-state index contributed by atoms with van der Waals surface area (Å²) in [6.07, 6.45) is 10.5. The van der Waals surface area contributed by atoms with Crippen LogP contribution in [0.2, 0.25) is 0 Å². The van der Waals surface area contributed by atoms with Crippen molar-refractivity contribution in [1.82, 2.24) is 9.97 Å². The molecule has 0 aromatic carbocycles. The van der Waals surface area contributed by atoms with Crippen LogP contribution in [0.4, 0.5) is 11.6 Å². The van der Waals surface area contributed by atoms with E-state index in [1.54, 1.807) is 6.33 Å². The zero-order chi connectivity index (χ0) is 14.4. The molecular formula is C14H23BrN4S. The predicted molar refractivity (Wildman–Crippen MR) is 91.7 cm³/mol. The highest BCUT2D eigenvalue weighted by atomic mass is 79.9. The molecule has 1 fully saturated rings. The minimum atomic E-state index is 0.362. The molecule has 2 N–H and O–H groups in total. The maximum absolute atomic E-state index is 4.35. The normalized spacial score (nSPS) is 17.8. The molecule has 0 unspecified atom stereocenters. The van der Waals surface area contributed by atoms with Gasteiger partial charge in [-0.3, -0.25) is 0 Å². The van der Waals surface area contributed by atoms with Gasteiger partial charge in [0.15, 0.2) is 0 Å². The second kappa shape index (κ2) is 7.50. The Hall–Kier alpha value is -0.490. The molecule has 0 amide bonds. The molecule has 20 heavy (non-hydrogen) atoms. The number of nitrogens with one attached hydrogen (secondary N) is 2. The zero-order valence-electron chi connectivity index (χ0n) is 12.2. The Morgan fingerprint density at radius 2 is 1.85 bits per heavy atom. The Labute approximate surface area is 134 Å². The molecule has 1 aliphatic rings. The quantitative estimate of drug-likeness (QED) is 0.799. The maximum Gasteiger partial charge on any atom is 0.145 e. The van der Waals surface area contributed by atoms with Gasteiger partial charge in [0.2, 0.25) is 0 Å². The fourth-order valence-electron chi connectivity index (χ4n) is 2.68. The van der Waals surface area contributed by atoms with E-state index < -0.39 is 0 Å². The highest BCUT2D eigenvalue weighted by Gasteiger charge is 2.31. The number of thioether (sulfide) groups is 1. The van der Waals surface area contributed by atoms with Gasteiger partial charge in [-0.05, 0) is 42.0 Å².